The van der Waals surface area contributed by atoms with Crippen molar-refractivity contribution in [2.24, 2.45) is 4.99 Å². The van der Waals surface area contributed by atoms with Crippen molar-refractivity contribution in [1.29, 1.82) is 0 Å². The Morgan fingerprint density at radius 1 is 1.16 bits per heavy atom. The van der Waals surface area contributed by atoms with Gasteiger partial charge in [-0.15, -0.1) is 0 Å². The Kier molecular flexibility index (Phi) is 8.31. The van der Waals surface area contributed by atoms with Crippen LogP contribution in [0.25, 0.3) is 17.4 Å². The summed E-state index contributed by atoms with van der Waals surface area (Å²) < 4.78 is 24.6. The number of allylic oxidation sites excluding steroid dienone is 1. The van der Waals surface area contributed by atoms with Crippen LogP contribution in [0.5, 0.6) is 11.5 Å². The number of hydrogen-bond acceptors (Lipinski definition) is 10. The molecule has 12 heteroatoms. The van der Waals surface area contributed by atoms with E-state index in [1.165, 1.54) is 35.1 Å². The third-order valence-electron chi connectivity index (χ3n) is 6.65. The molecule has 1 aliphatic rings. The highest BCUT2D eigenvalue weighted by atomic mass is 32.1. The molecule has 1 unspecified atom stereocenters. The molecule has 0 aliphatic carbocycles. The Bertz CT molecular complexity index is 1910. The number of hydrogen-bond donors (Lipinski definition) is 0. The fourth-order valence-electron chi connectivity index (χ4n) is 4.77. The number of carbonyl (C=O) groups is 1. The van der Waals surface area contributed by atoms with E-state index in [0.29, 0.717) is 49.2 Å². The molecule has 0 amide bonds. The van der Waals surface area contributed by atoms with E-state index in [1.54, 1.807) is 62.4 Å². The lowest BCUT2D eigenvalue weighted by Crippen LogP contribution is -2.40. The van der Waals surface area contributed by atoms with E-state index in [9.17, 15) is 19.7 Å². The van der Waals surface area contributed by atoms with Crippen LogP contribution in [0, 0.1) is 10.1 Å². The van der Waals surface area contributed by atoms with Crippen LogP contribution in [0.3, 0.4) is 0 Å². The standard InChI is InChI=1S/C31H29N3O8S/c1-6-40-30(36)27-18(4)32-31-33(28(27)20-9-13-24(41-17(2)3)25(15-20)39-5)29(35)26(43-31)16-22-12-14-23(42-22)19-7-10-21(11-8-19)34(37)38/h7-17,28H,6H2,1-5H3. The molecule has 1 aliphatic heterocycles. The van der Waals surface area contributed by atoms with Gasteiger partial charge in [0, 0.05) is 23.8 Å². The van der Waals surface area contributed by atoms with Crippen LogP contribution in [0.15, 0.2) is 80.1 Å². The maximum atomic E-state index is 13.9. The van der Waals surface area contributed by atoms with Gasteiger partial charge in [0.05, 0.1) is 46.6 Å². The van der Waals surface area contributed by atoms with Crippen molar-refractivity contribution in [3.05, 3.63) is 107 Å². The van der Waals surface area contributed by atoms with Crippen molar-refractivity contribution in [3.63, 3.8) is 0 Å². The average molecular weight is 604 g/mol. The van der Waals surface area contributed by atoms with Crippen LogP contribution in [0.2, 0.25) is 0 Å². The lowest BCUT2D eigenvalue weighted by Gasteiger charge is -2.25. The smallest absolute Gasteiger partial charge is 0.338 e. The van der Waals surface area contributed by atoms with Crippen LogP contribution in [0.4, 0.5) is 5.69 Å². The number of nitrogens with zero attached hydrogens (tertiary/aromatic N) is 3. The summed E-state index contributed by atoms with van der Waals surface area (Å²) in [6.07, 6.45) is 1.52. The predicted octanol–water partition coefficient (Wildman–Crippen LogP) is 4.76. The molecule has 4 aromatic rings. The summed E-state index contributed by atoms with van der Waals surface area (Å²) in [5, 5.41) is 11.0. The third kappa shape index (κ3) is 5.86. The van der Waals surface area contributed by atoms with Crippen molar-refractivity contribution in [2.45, 2.75) is 39.8 Å². The van der Waals surface area contributed by atoms with Crippen LogP contribution >= 0.6 is 11.3 Å². The number of methoxy groups -OCH3 is 1. The first kappa shape index (κ1) is 29.5. The van der Waals surface area contributed by atoms with E-state index in [-0.39, 0.29) is 29.5 Å². The van der Waals surface area contributed by atoms with Gasteiger partial charge in [-0.3, -0.25) is 19.5 Å². The zero-order valence-corrected chi connectivity index (χ0v) is 25.0. The van der Waals surface area contributed by atoms with E-state index < -0.39 is 16.9 Å². The van der Waals surface area contributed by atoms with Gasteiger partial charge in [-0.1, -0.05) is 17.4 Å². The van der Waals surface area contributed by atoms with E-state index in [0.717, 1.165) is 0 Å². The summed E-state index contributed by atoms with van der Waals surface area (Å²) in [6.45, 7) is 7.40. The van der Waals surface area contributed by atoms with Gasteiger partial charge in [0.1, 0.15) is 11.5 Å². The van der Waals surface area contributed by atoms with Crippen molar-refractivity contribution < 1.29 is 28.3 Å². The molecule has 222 valence electrons. The number of thiazole rings is 1. The van der Waals surface area contributed by atoms with Gasteiger partial charge < -0.3 is 18.6 Å². The molecular weight excluding hydrogens is 574 g/mol. The van der Waals surface area contributed by atoms with E-state index in [1.807, 2.05) is 13.8 Å². The number of carbonyl (C=O) groups excluding carboxylic acids is 1. The molecule has 11 nitrogen and oxygen atoms in total. The molecule has 0 radical (unpaired) electrons. The molecule has 2 aromatic carbocycles. The van der Waals surface area contributed by atoms with Gasteiger partial charge in [-0.25, -0.2) is 9.79 Å². The van der Waals surface area contributed by atoms with E-state index in [4.69, 9.17) is 18.6 Å². The summed E-state index contributed by atoms with van der Waals surface area (Å²) in [7, 11) is 1.53. The van der Waals surface area contributed by atoms with Crippen molar-refractivity contribution in [1.82, 2.24) is 4.57 Å². The van der Waals surface area contributed by atoms with Crippen LogP contribution in [-0.2, 0) is 9.53 Å². The van der Waals surface area contributed by atoms with E-state index in [2.05, 4.69) is 4.99 Å². The summed E-state index contributed by atoms with van der Waals surface area (Å²) in [4.78, 5) is 42.7. The van der Waals surface area contributed by atoms with Gasteiger partial charge in [-0.2, -0.15) is 0 Å². The molecule has 3 heterocycles. The molecule has 2 aromatic heterocycles. The highest BCUT2D eigenvalue weighted by molar-refractivity contribution is 7.07. The van der Waals surface area contributed by atoms with Crippen molar-refractivity contribution in [2.75, 3.05) is 13.7 Å². The highest BCUT2D eigenvalue weighted by Crippen LogP contribution is 2.36. The number of nitro benzene ring substituents is 1. The second-order valence-electron chi connectivity index (χ2n) is 9.89. The van der Waals surface area contributed by atoms with Crippen LogP contribution in [0.1, 0.15) is 45.1 Å². The van der Waals surface area contributed by atoms with Gasteiger partial charge in [0.15, 0.2) is 16.3 Å². The Balaban J connectivity index is 1.61. The molecule has 0 fully saturated rings. The molecule has 5 rings (SSSR count). The SMILES string of the molecule is CCOC(=O)C1=C(C)N=c2sc(=Cc3ccc(-c4ccc([N+](=O)[O-])cc4)o3)c(=O)n2C1c1ccc(OC(C)C)c(OC)c1. The molecule has 0 N–H and O–H groups in total. The van der Waals surface area contributed by atoms with Crippen molar-refractivity contribution in [3.8, 4) is 22.8 Å². The van der Waals surface area contributed by atoms with Crippen LogP contribution < -0.4 is 24.4 Å². The highest BCUT2D eigenvalue weighted by Gasteiger charge is 2.34. The van der Waals surface area contributed by atoms with Gasteiger partial charge in [-0.05, 0) is 69.7 Å². The minimum absolute atomic E-state index is 0.0246. The molecule has 0 bridgehead atoms. The molecule has 0 saturated heterocycles. The zero-order valence-electron chi connectivity index (χ0n) is 24.2. The minimum atomic E-state index is -0.827. The quantitative estimate of drug-likeness (QED) is 0.152. The molecule has 0 spiro atoms. The summed E-state index contributed by atoms with van der Waals surface area (Å²) >= 11 is 1.17. The average Bonchev–Trinajstić information content (AvgIpc) is 3.56. The summed E-state index contributed by atoms with van der Waals surface area (Å²) in [5.74, 6) is 1.33. The van der Waals surface area contributed by atoms with Gasteiger partial charge >= 0.3 is 5.97 Å². The first-order chi connectivity index (χ1) is 20.6. The number of non-ortho nitro benzene ring substituents is 1. The maximum Gasteiger partial charge on any atom is 0.338 e. The molecule has 1 atom stereocenters. The first-order valence-electron chi connectivity index (χ1n) is 13.5. The van der Waals surface area contributed by atoms with Gasteiger partial charge in [0.2, 0.25) is 0 Å². The third-order valence-corrected chi connectivity index (χ3v) is 7.63. The Hall–Kier alpha value is -4.97. The number of esters is 1. The topological polar surface area (TPSA) is 135 Å². The van der Waals surface area contributed by atoms with Crippen molar-refractivity contribution >= 4 is 29.1 Å². The van der Waals surface area contributed by atoms with Crippen LogP contribution in [-0.4, -0.2) is 35.3 Å². The number of fused-ring (bicyclic) bond motifs is 1. The van der Waals surface area contributed by atoms with Gasteiger partial charge in [0.25, 0.3) is 11.2 Å². The minimum Gasteiger partial charge on any atom is -0.493 e. The lowest BCUT2D eigenvalue weighted by atomic mass is 9.95. The number of ether oxygens (including phenoxy) is 3. The largest absolute Gasteiger partial charge is 0.493 e. The Morgan fingerprint density at radius 3 is 2.56 bits per heavy atom. The number of nitro groups is 1. The zero-order chi connectivity index (χ0) is 30.8. The lowest BCUT2D eigenvalue weighted by molar-refractivity contribution is -0.384. The number of furan rings is 1. The summed E-state index contributed by atoms with van der Waals surface area (Å²) in [5.41, 5.74) is 1.58. The number of aromatic nitrogens is 1. The normalized spacial score (nSPS) is 14.8. The number of rotatable bonds is 9. The predicted molar refractivity (Wildman–Crippen MR) is 160 cm³/mol. The molecule has 43 heavy (non-hydrogen) atoms. The maximum absolute atomic E-state index is 13.9. The second-order valence-corrected chi connectivity index (χ2v) is 10.9. The first-order valence-corrected chi connectivity index (χ1v) is 14.3. The van der Waals surface area contributed by atoms with E-state index >= 15 is 0 Å². The Morgan fingerprint density at radius 2 is 1.91 bits per heavy atom. The number of benzene rings is 2. The summed E-state index contributed by atoms with van der Waals surface area (Å²) in [6, 6.07) is 13.9. The Labute approximate surface area is 250 Å². The monoisotopic (exact) mass is 603 g/mol. The molecule has 0 saturated carbocycles. The molecular formula is C31H29N3O8S. The fourth-order valence-corrected chi connectivity index (χ4v) is 5.80. The second kappa shape index (κ2) is 12.1. The fraction of sp³-hybridized carbons (Fsp3) is 0.258.